The highest BCUT2D eigenvalue weighted by Crippen LogP contribution is 2.33. The number of halogens is 1. The van der Waals surface area contributed by atoms with Gasteiger partial charge in [0, 0.05) is 17.3 Å². The van der Waals surface area contributed by atoms with Crippen LogP contribution in [0.25, 0.3) is 10.2 Å². The number of carbonyl (C=O) groups excluding carboxylic acids is 1. The molecule has 1 amide bonds. The normalized spacial score (nSPS) is 10.9. The summed E-state index contributed by atoms with van der Waals surface area (Å²) < 4.78 is 19.7. The largest absolute Gasteiger partial charge is 0.494 e. The third kappa shape index (κ3) is 5.39. The molecule has 8 heteroatoms. The highest BCUT2D eigenvalue weighted by atomic mass is 32.2. The molecule has 4 rings (SSSR count). The topological polar surface area (TPSA) is 55.3 Å². The summed E-state index contributed by atoms with van der Waals surface area (Å²) >= 11 is 2.82. The van der Waals surface area contributed by atoms with Crippen molar-refractivity contribution in [3.05, 3.63) is 78.4 Å². The summed E-state index contributed by atoms with van der Waals surface area (Å²) in [6.07, 6.45) is 3.45. The number of benzene rings is 2. The summed E-state index contributed by atoms with van der Waals surface area (Å²) in [6, 6.07) is 15.6. The number of ether oxygens (including phenoxy) is 1. The molecular formula is C23H20FN3O2S2. The van der Waals surface area contributed by atoms with Gasteiger partial charge in [0.15, 0.2) is 5.13 Å². The smallest absolute Gasteiger partial charge is 0.239 e. The molecule has 158 valence electrons. The van der Waals surface area contributed by atoms with Gasteiger partial charge in [-0.2, -0.15) is 0 Å². The number of thiazole rings is 1. The summed E-state index contributed by atoms with van der Waals surface area (Å²) in [4.78, 5) is 24.5. The van der Waals surface area contributed by atoms with Crippen molar-refractivity contribution in [1.29, 1.82) is 0 Å². The summed E-state index contributed by atoms with van der Waals surface area (Å²) in [5, 5.41) is 0.622. The van der Waals surface area contributed by atoms with Gasteiger partial charge in [-0.1, -0.05) is 17.4 Å². The zero-order valence-electron chi connectivity index (χ0n) is 16.8. The molecule has 0 spiro atoms. The Kier molecular flexibility index (Phi) is 6.79. The minimum atomic E-state index is -0.297. The lowest BCUT2D eigenvalue weighted by atomic mass is 10.2. The number of amides is 1. The molecule has 2 aromatic carbocycles. The van der Waals surface area contributed by atoms with Crippen molar-refractivity contribution in [1.82, 2.24) is 9.97 Å². The fraction of sp³-hybridized carbons (Fsp3) is 0.174. The van der Waals surface area contributed by atoms with Gasteiger partial charge in [0.1, 0.15) is 11.6 Å². The van der Waals surface area contributed by atoms with Crippen molar-refractivity contribution in [3.8, 4) is 5.75 Å². The highest BCUT2D eigenvalue weighted by Gasteiger charge is 2.21. The minimum Gasteiger partial charge on any atom is -0.494 e. The number of fused-ring (bicyclic) bond motifs is 1. The van der Waals surface area contributed by atoms with E-state index in [4.69, 9.17) is 4.74 Å². The van der Waals surface area contributed by atoms with Gasteiger partial charge in [-0.05, 0) is 61.0 Å². The Labute approximate surface area is 187 Å². The van der Waals surface area contributed by atoms with E-state index >= 15 is 0 Å². The zero-order chi connectivity index (χ0) is 21.6. The summed E-state index contributed by atoms with van der Waals surface area (Å²) in [6.45, 7) is 2.90. The van der Waals surface area contributed by atoms with Crippen LogP contribution in [0, 0.1) is 5.82 Å². The number of nitrogens with zero attached hydrogens (tertiary/aromatic N) is 3. The molecule has 0 N–H and O–H groups in total. The van der Waals surface area contributed by atoms with Crippen LogP contribution in [-0.4, -0.2) is 28.2 Å². The molecule has 0 saturated heterocycles. The van der Waals surface area contributed by atoms with Crippen molar-refractivity contribution in [2.45, 2.75) is 18.4 Å². The van der Waals surface area contributed by atoms with Crippen LogP contribution in [0.1, 0.15) is 12.5 Å². The monoisotopic (exact) mass is 453 g/mol. The van der Waals surface area contributed by atoms with Crippen molar-refractivity contribution in [3.63, 3.8) is 0 Å². The van der Waals surface area contributed by atoms with E-state index in [9.17, 15) is 9.18 Å². The van der Waals surface area contributed by atoms with Gasteiger partial charge < -0.3 is 4.74 Å². The SMILES string of the molecule is CCOc1ccc2nc(N(Cc3cccnc3)C(=O)CSc3ccc(F)cc3)sc2c1. The van der Waals surface area contributed by atoms with Crippen LogP contribution in [0.5, 0.6) is 5.75 Å². The molecule has 0 aliphatic rings. The quantitative estimate of drug-likeness (QED) is 0.327. The number of aromatic nitrogens is 2. The number of rotatable bonds is 8. The Morgan fingerprint density at radius 1 is 1.19 bits per heavy atom. The fourth-order valence-electron chi connectivity index (χ4n) is 2.96. The Morgan fingerprint density at radius 2 is 2.03 bits per heavy atom. The predicted octanol–water partition coefficient (Wildman–Crippen LogP) is 5.55. The maximum atomic E-state index is 13.2. The van der Waals surface area contributed by atoms with Gasteiger partial charge >= 0.3 is 0 Å². The van der Waals surface area contributed by atoms with E-state index in [-0.39, 0.29) is 17.5 Å². The van der Waals surface area contributed by atoms with Crippen molar-refractivity contribution in [2.75, 3.05) is 17.3 Å². The average molecular weight is 454 g/mol. The third-order valence-electron chi connectivity index (χ3n) is 4.43. The first-order valence-corrected chi connectivity index (χ1v) is 11.5. The highest BCUT2D eigenvalue weighted by molar-refractivity contribution is 8.00. The lowest BCUT2D eigenvalue weighted by Crippen LogP contribution is -2.31. The first kappa shape index (κ1) is 21.3. The van der Waals surface area contributed by atoms with Crippen molar-refractivity contribution < 1.29 is 13.9 Å². The zero-order valence-corrected chi connectivity index (χ0v) is 18.5. The molecule has 2 aromatic heterocycles. The number of carbonyl (C=O) groups is 1. The van der Waals surface area contributed by atoms with Crippen LogP contribution in [0.4, 0.5) is 9.52 Å². The van der Waals surface area contributed by atoms with Gasteiger partial charge in [0.25, 0.3) is 0 Å². The molecule has 0 atom stereocenters. The maximum Gasteiger partial charge on any atom is 0.239 e. The molecule has 0 bridgehead atoms. The van der Waals surface area contributed by atoms with E-state index in [1.807, 2.05) is 37.3 Å². The number of hydrogen-bond acceptors (Lipinski definition) is 6. The van der Waals surface area contributed by atoms with Gasteiger partial charge in [0.2, 0.25) is 5.91 Å². The van der Waals surface area contributed by atoms with E-state index in [2.05, 4.69) is 9.97 Å². The van der Waals surface area contributed by atoms with E-state index < -0.39 is 0 Å². The molecule has 0 fully saturated rings. The lowest BCUT2D eigenvalue weighted by molar-refractivity contribution is -0.116. The third-order valence-corrected chi connectivity index (χ3v) is 6.47. The van der Waals surface area contributed by atoms with Gasteiger partial charge in [0.05, 0.1) is 29.1 Å². The first-order chi connectivity index (χ1) is 15.1. The molecule has 0 aliphatic carbocycles. The molecule has 4 aromatic rings. The minimum absolute atomic E-state index is 0.0812. The number of anilines is 1. The van der Waals surface area contributed by atoms with Gasteiger partial charge in [-0.3, -0.25) is 14.7 Å². The molecule has 0 unspecified atom stereocenters. The molecular weight excluding hydrogens is 433 g/mol. The standard InChI is InChI=1S/C23H20FN3O2S2/c1-2-29-18-7-10-20-21(12-18)31-23(26-20)27(14-16-4-3-11-25-13-16)22(28)15-30-19-8-5-17(24)6-9-19/h3-13H,2,14-15H2,1H3. The predicted molar refractivity (Wildman–Crippen MR) is 123 cm³/mol. The number of thioether (sulfide) groups is 1. The van der Waals surface area contributed by atoms with Crippen LogP contribution in [-0.2, 0) is 11.3 Å². The second kappa shape index (κ2) is 9.89. The lowest BCUT2D eigenvalue weighted by Gasteiger charge is -2.19. The van der Waals surface area contributed by atoms with Crippen molar-refractivity contribution >= 4 is 44.4 Å². The molecule has 0 aliphatic heterocycles. The Hall–Kier alpha value is -2.97. The number of hydrogen-bond donors (Lipinski definition) is 0. The molecule has 31 heavy (non-hydrogen) atoms. The van der Waals surface area contributed by atoms with E-state index in [1.54, 1.807) is 29.4 Å². The summed E-state index contributed by atoms with van der Waals surface area (Å²) in [5.74, 6) is 0.616. The Bertz CT molecular complexity index is 1170. The van der Waals surface area contributed by atoms with Crippen molar-refractivity contribution in [2.24, 2.45) is 0 Å². The number of pyridine rings is 1. The second-order valence-electron chi connectivity index (χ2n) is 6.64. The molecule has 2 heterocycles. The van der Waals surface area contributed by atoms with E-state index in [0.717, 1.165) is 26.4 Å². The van der Waals surface area contributed by atoms with Crippen LogP contribution < -0.4 is 9.64 Å². The van der Waals surface area contributed by atoms with Crippen LogP contribution >= 0.6 is 23.1 Å². The summed E-state index contributed by atoms with van der Waals surface area (Å²) in [7, 11) is 0. The molecule has 5 nitrogen and oxygen atoms in total. The molecule has 0 radical (unpaired) electrons. The van der Waals surface area contributed by atoms with Crippen LogP contribution in [0.3, 0.4) is 0 Å². The Morgan fingerprint density at radius 3 is 2.77 bits per heavy atom. The maximum absolute atomic E-state index is 13.2. The summed E-state index contributed by atoms with van der Waals surface area (Å²) in [5.41, 5.74) is 1.73. The van der Waals surface area contributed by atoms with Gasteiger partial charge in [-0.15, -0.1) is 11.8 Å². The van der Waals surface area contributed by atoms with E-state index in [0.29, 0.717) is 18.3 Å². The van der Waals surface area contributed by atoms with Crippen LogP contribution in [0.2, 0.25) is 0 Å². The molecule has 0 saturated carbocycles. The fourth-order valence-corrected chi connectivity index (χ4v) is 4.74. The van der Waals surface area contributed by atoms with Gasteiger partial charge in [-0.25, -0.2) is 9.37 Å². The first-order valence-electron chi connectivity index (χ1n) is 9.73. The second-order valence-corrected chi connectivity index (χ2v) is 8.70. The van der Waals surface area contributed by atoms with E-state index in [1.165, 1.54) is 35.2 Å². The average Bonchev–Trinajstić information content (AvgIpc) is 3.21. The van der Waals surface area contributed by atoms with Crippen LogP contribution in [0.15, 0.2) is 71.9 Å². The Balaban J connectivity index is 1.59.